The number of hydrogen-bond acceptors (Lipinski definition) is 6. The molecule has 0 heterocycles. The lowest BCUT2D eigenvalue weighted by Gasteiger charge is -2.18. The number of rotatable bonds is 62. The van der Waals surface area contributed by atoms with E-state index in [9.17, 15) is 14.4 Å². The quantitative estimate of drug-likeness (QED) is 0.0261. The molecule has 1 atom stereocenters. The van der Waals surface area contributed by atoms with E-state index in [0.717, 1.165) is 122 Å². The van der Waals surface area contributed by atoms with E-state index in [1.807, 2.05) is 0 Å². The zero-order valence-corrected chi connectivity index (χ0v) is 53.3. The number of carbonyl (C=O) groups excluding carboxylic acids is 3. The van der Waals surface area contributed by atoms with Gasteiger partial charge in [0.2, 0.25) is 0 Å². The first kappa shape index (κ1) is 77.1. The van der Waals surface area contributed by atoms with Gasteiger partial charge in [0.25, 0.3) is 0 Å². The third-order valence-electron chi connectivity index (χ3n) is 14.7. The fraction of sp³-hybridized carbons (Fsp3) is 0.720. The average molecular weight is 1130 g/mol. The van der Waals surface area contributed by atoms with Crippen LogP contribution in [-0.4, -0.2) is 37.2 Å². The van der Waals surface area contributed by atoms with Crippen LogP contribution in [-0.2, 0) is 28.6 Å². The summed E-state index contributed by atoms with van der Waals surface area (Å²) in [5.74, 6) is -0.887. The molecule has 0 saturated heterocycles. The van der Waals surface area contributed by atoms with Crippen LogP contribution in [0, 0.1) is 0 Å². The van der Waals surface area contributed by atoms with Crippen molar-refractivity contribution in [2.45, 2.75) is 335 Å². The normalized spacial score (nSPS) is 12.8. The Morgan fingerprint density at radius 3 is 0.765 bits per heavy atom. The number of ether oxygens (including phenoxy) is 3. The monoisotopic (exact) mass is 1120 g/mol. The molecule has 0 aliphatic carbocycles. The number of carbonyl (C=O) groups is 3. The van der Waals surface area contributed by atoms with Crippen LogP contribution in [0.5, 0.6) is 0 Å². The van der Waals surface area contributed by atoms with Crippen molar-refractivity contribution in [2.75, 3.05) is 13.2 Å². The van der Waals surface area contributed by atoms with E-state index in [1.165, 1.54) is 167 Å². The van der Waals surface area contributed by atoms with Crippen LogP contribution in [0.1, 0.15) is 329 Å². The molecule has 81 heavy (non-hydrogen) atoms. The molecule has 0 aromatic rings. The van der Waals surface area contributed by atoms with Crippen molar-refractivity contribution in [1.82, 2.24) is 0 Å². The molecule has 0 aliphatic rings. The van der Waals surface area contributed by atoms with Gasteiger partial charge in [-0.05, 0) is 122 Å². The third-order valence-corrected chi connectivity index (χ3v) is 14.7. The Bertz CT molecular complexity index is 1620. The molecule has 0 bridgehead atoms. The maximum Gasteiger partial charge on any atom is 0.306 e. The Balaban J connectivity index is 4.26. The second-order valence-corrected chi connectivity index (χ2v) is 22.7. The third kappa shape index (κ3) is 66.8. The van der Waals surface area contributed by atoms with Gasteiger partial charge in [0, 0.05) is 19.3 Å². The predicted octanol–water partition coefficient (Wildman–Crippen LogP) is 23.8. The van der Waals surface area contributed by atoms with Crippen LogP contribution in [0.4, 0.5) is 0 Å². The summed E-state index contributed by atoms with van der Waals surface area (Å²) in [6.07, 6.45) is 94.0. The van der Waals surface area contributed by atoms with Gasteiger partial charge in [-0.1, -0.05) is 297 Å². The summed E-state index contributed by atoms with van der Waals surface area (Å²) in [6.45, 7) is 6.42. The van der Waals surface area contributed by atoms with Crippen molar-refractivity contribution in [3.05, 3.63) is 109 Å². The van der Waals surface area contributed by atoms with E-state index in [0.29, 0.717) is 19.3 Å². The standard InChI is InChI=1S/C75H128O6/c1-4-7-10-13-16-19-22-25-27-29-31-33-34-35-36-37-38-39-40-42-43-45-47-50-53-56-59-62-65-68-74(77)80-71-72(70-79-73(76)67-64-61-58-55-52-49-24-21-18-15-12-9-6-3)81-75(78)69-66-63-60-57-54-51-48-46-44-41-32-30-28-26-23-20-17-14-11-8-5-2/h7-8,10-11,16-17,19-21,24-28,31-33,41,72H,4-6,9,12-15,18,22-23,29-30,34-40,42-71H2,1-3H3/b10-7-,11-8-,19-16-,20-17-,24-21-,27-25-,28-26-,33-31-,41-32-. The summed E-state index contributed by atoms with van der Waals surface area (Å²) < 4.78 is 17.0. The number of allylic oxidation sites excluding steroid dienone is 18. The highest BCUT2D eigenvalue weighted by Crippen LogP contribution is 2.17. The molecule has 0 aliphatic heterocycles. The van der Waals surface area contributed by atoms with Crippen molar-refractivity contribution in [3.8, 4) is 0 Å². The molecule has 0 fully saturated rings. The molecule has 0 aromatic carbocycles. The Hall–Kier alpha value is -3.93. The van der Waals surface area contributed by atoms with Crippen LogP contribution in [0.2, 0.25) is 0 Å². The average Bonchev–Trinajstić information content (AvgIpc) is 3.46. The van der Waals surface area contributed by atoms with E-state index in [-0.39, 0.29) is 31.1 Å². The van der Waals surface area contributed by atoms with Crippen LogP contribution in [0.15, 0.2) is 109 Å². The highest BCUT2D eigenvalue weighted by Gasteiger charge is 2.19. The maximum atomic E-state index is 12.9. The van der Waals surface area contributed by atoms with Crippen LogP contribution < -0.4 is 0 Å². The molecular formula is C75H128O6. The molecule has 464 valence electrons. The Morgan fingerprint density at radius 2 is 0.481 bits per heavy atom. The molecule has 0 saturated carbocycles. The van der Waals surface area contributed by atoms with Gasteiger partial charge in [-0.15, -0.1) is 0 Å². The fourth-order valence-corrected chi connectivity index (χ4v) is 9.66. The van der Waals surface area contributed by atoms with Gasteiger partial charge >= 0.3 is 17.9 Å². The first-order valence-corrected chi connectivity index (χ1v) is 34.4. The Morgan fingerprint density at radius 1 is 0.259 bits per heavy atom. The zero-order chi connectivity index (χ0) is 58.5. The summed E-state index contributed by atoms with van der Waals surface area (Å²) in [5, 5.41) is 0. The fourth-order valence-electron chi connectivity index (χ4n) is 9.66. The number of unbranched alkanes of at least 4 members (excludes halogenated alkanes) is 33. The Kier molecular flexibility index (Phi) is 65.2. The molecule has 1 unspecified atom stereocenters. The SMILES string of the molecule is CC/C=C\C/C=C\C/C=C\C/C=C\CCCCCCCCCCCCCCCCCCC(=O)OCC(COC(=O)CCCCCCC/C=C\CCCCCC)OC(=O)CCCCCCCCCC/C=C\C/C=C\C/C=C\C/C=C\CC. The van der Waals surface area contributed by atoms with Gasteiger partial charge in [0.05, 0.1) is 0 Å². The summed E-state index contributed by atoms with van der Waals surface area (Å²) in [5.41, 5.74) is 0. The van der Waals surface area contributed by atoms with Crippen molar-refractivity contribution in [1.29, 1.82) is 0 Å². The minimum absolute atomic E-state index is 0.0823. The van der Waals surface area contributed by atoms with Gasteiger partial charge in [-0.2, -0.15) is 0 Å². The van der Waals surface area contributed by atoms with Gasteiger partial charge < -0.3 is 14.2 Å². The number of hydrogen-bond donors (Lipinski definition) is 0. The molecule has 0 N–H and O–H groups in total. The van der Waals surface area contributed by atoms with E-state index < -0.39 is 6.10 Å². The van der Waals surface area contributed by atoms with Crippen molar-refractivity contribution >= 4 is 17.9 Å². The lowest BCUT2D eigenvalue weighted by Crippen LogP contribution is -2.30. The largest absolute Gasteiger partial charge is 0.462 e. The van der Waals surface area contributed by atoms with Crippen LogP contribution >= 0.6 is 0 Å². The molecule has 0 spiro atoms. The Labute approximate surface area is 501 Å². The first-order valence-electron chi connectivity index (χ1n) is 34.4. The van der Waals surface area contributed by atoms with Gasteiger partial charge in [-0.25, -0.2) is 0 Å². The zero-order valence-electron chi connectivity index (χ0n) is 53.3. The molecule has 0 radical (unpaired) electrons. The van der Waals surface area contributed by atoms with E-state index in [1.54, 1.807) is 0 Å². The summed E-state index contributed by atoms with van der Waals surface area (Å²) in [7, 11) is 0. The summed E-state index contributed by atoms with van der Waals surface area (Å²) >= 11 is 0. The van der Waals surface area contributed by atoms with E-state index >= 15 is 0 Å². The van der Waals surface area contributed by atoms with Crippen LogP contribution in [0.25, 0.3) is 0 Å². The lowest BCUT2D eigenvalue weighted by atomic mass is 10.0. The molecule has 6 nitrogen and oxygen atoms in total. The molecular weight excluding hydrogens is 997 g/mol. The van der Waals surface area contributed by atoms with Crippen LogP contribution in [0.3, 0.4) is 0 Å². The highest BCUT2D eigenvalue weighted by molar-refractivity contribution is 5.71. The second-order valence-electron chi connectivity index (χ2n) is 22.7. The van der Waals surface area contributed by atoms with Crippen molar-refractivity contribution < 1.29 is 28.6 Å². The van der Waals surface area contributed by atoms with Gasteiger partial charge in [-0.3, -0.25) is 14.4 Å². The maximum absolute atomic E-state index is 12.9. The van der Waals surface area contributed by atoms with Crippen molar-refractivity contribution in [3.63, 3.8) is 0 Å². The second kappa shape index (κ2) is 68.6. The van der Waals surface area contributed by atoms with E-state index in [2.05, 4.69) is 130 Å². The number of esters is 3. The molecule has 0 amide bonds. The minimum Gasteiger partial charge on any atom is -0.462 e. The lowest BCUT2D eigenvalue weighted by molar-refractivity contribution is -0.167. The predicted molar refractivity (Wildman–Crippen MR) is 353 cm³/mol. The van der Waals surface area contributed by atoms with Crippen molar-refractivity contribution in [2.24, 2.45) is 0 Å². The summed E-state index contributed by atoms with van der Waals surface area (Å²) in [6, 6.07) is 0. The van der Waals surface area contributed by atoms with Gasteiger partial charge in [0.15, 0.2) is 6.10 Å². The molecule has 0 aromatic heterocycles. The first-order chi connectivity index (χ1) is 40.0. The topological polar surface area (TPSA) is 78.9 Å². The molecule has 6 heteroatoms. The smallest absolute Gasteiger partial charge is 0.306 e. The highest BCUT2D eigenvalue weighted by atomic mass is 16.6. The summed E-state index contributed by atoms with van der Waals surface area (Å²) in [4.78, 5) is 38.4. The molecule has 0 rings (SSSR count). The van der Waals surface area contributed by atoms with Gasteiger partial charge in [0.1, 0.15) is 13.2 Å². The minimum atomic E-state index is -0.787. The van der Waals surface area contributed by atoms with E-state index in [4.69, 9.17) is 14.2 Å².